The van der Waals surface area contributed by atoms with E-state index < -0.39 is 0 Å². The second-order valence-electron chi connectivity index (χ2n) is 5.50. The van der Waals surface area contributed by atoms with Gasteiger partial charge < -0.3 is 15.4 Å². The lowest BCUT2D eigenvalue weighted by molar-refractivity contribution is -0.134. The van der Waals surface area contributed by atoms with E-state index in [0.29, 0.717) is 23.0 Å². The molecule has 0 atom stereocenters. The molecule has 2 N–H and O–H groups in total. The van der Waals surface area contributed by atoms with Crippen LogP contribution in [0.1, 0.15) is 42.5 Å². The summed E-state index contributed by atoms with van der Waals surface area (Å²) in [6, 6.07) is 5.10. The number of aldehydes is 1. The lowest BCUT2D eigenvalue weighted by Gasteiger charge is -2.31. The van der Waals surface area contributed by atoms with E-state index in [0.717, 1.165) is 19.1 Å². The highest BCUT2D eigenvalue weighted by molar-refractivity contribution is 5.79. The van der Waals surface area contributed by atoms with Crippen molar-refractivity contribution >= 4 is 17.9 Å². The highest BCUT2D eigenvalue weighted by Crippen LogP contribution is 2.23. The number of nitrogens with zero attached hydrogens (tertiary/aromatic N) is 1. The first-order valence-electron chi connectivity index (χ1n) is 7.35. The molecule has 0 aromatic heterocycles. The minimum absolute atomic E-state index is 0.0301. The molecule has 0 spiro atoms. The standard InChI is InChI=1S/C16H22N2O3/c1-18(13-5-3-2-4-6-13)16(20)11-21-15-8-7-12(10-19)9-14(15)17/h7-10,13H,2-6,11,17H2,1H3. The number of likely N-dealkylation sites (N-methyl/N-ethyl adjacent to an activating group) is 1. The smallest absolute Gasteiger partial charge is 0.260 e. The van der Waals surface area contributed by atoms with Gasteiger partial charge in [0.1, 0.15) is 12.0 Å². The fourth-order valence-electron chi connectivity index (χ4n) is 2.68. The van der Waals surface area contributed by atoms with Gasteiger partial charge in [0.05, 0.1) is 5.69 Å². The third-order valence-electron chi connectivity index (χ3n) is 4.04. The maximum Gasteiger partial charge on any atom is 0.260 e. The van der Waals surface area contributed by atoms with Gasteiger partial charge >= 0.3 is 0 Å². The Morgan fingerprint density at radius 2 is 2.10 bits per heavy atom. The maximum atomic E-state index is 12.2. The Hall–Kier alpha value is -2.04. The number of rotatable bonds is 5. The molecule has 0 unspecified atom stereocenters. The molecule has 0 radical (unpaired) electrons. The highest BCUT2D eigenvalue weighted by Gasteiger charge is 2.22. The van der Waals surface area contributed by atoms with Crippen molar-refractivity contribution in [1.82, 2.24) is 4.90 Å². The molecule has 5 heteroatoms. The summed E-state index contributed by atoms with van der Waals surface area (Å²) in [7, 11) is 1.83. The van der Waals surface area contributed by atoms with Crippen LogP contribution in [0.5, 0.6) is 5.75 Å². The van der Waals surface area contributed by atoms with Crippen LogP contribution in [0.3, 0.4) is 0 Å². The minimum atomic E-state index is -0.0410. The largest absolute Gasteiger partial charge is 0.482 e. The van der Waals surface area contributed by atoms with E-state index in [4.69, 9.17) is 10.5 Å². The van der Waals surface area contributed by atoms with Crippen LogP contribution in [-0.4, -0.2) is 36.8 Å². The summed E-state index contributed by atoms with van der Waals surface area (Å²) in [5, 5.41) is 0. The molecule has 1 aliphatic rings. The number of nitrogens with two attached hydrogens (primary N) is 1. The Morgan fingerprint density at radius 3 is 2.71 bits per heavy atom. The first-order valence-corrected chi connectivity index (χ1v) is 7.35. The molecule has 1 saturated carbocycles. The third-order valence-corrected chi connectivity index (χ3v) is 4.04. The number of hydrogen-bond acceptors (Lipinski definition) is 4. The number of hydrogen-bond donors (Lipinski definition) is 1. The van der Waals surface area contributed by atoms with Crippen molar-refractivity contribution < 1.29 is 14.3 Å². The zero-order chi connectivity index (χ0) is 15.2. The molecule has 1 aromatic rings. The lowest BCUT2D eigenvalue weighted by atomic mass is 9.94. The summed E-state index contributed by atoms with van der Waals surface area (Å²) >= 11 is 0. The van der Waals surface area contributed by atoms with E-state index in [1.54, 1.807) is 17.0 Å². The van der Waals surface area contributed by atoms with Crippen LogP contribution in [0.15, 0.2) is 18.2 Å². The van der Waals surface area contributed by atoms with Gasteiger partial charge in [-0.2, -0.15) is 0 Å². The Morgan fingerprint density at radius 1 is 1.38 bits per heavy atom. The summed E-state index contributed by atoms with van der Waals surface area (Å²) < 4.78 is 5.48. The number of amides is 1. The number of ether oxygens (including phenoxy) is 1. The van der Waals surface area contributed by atoms with E-state index in [2.05, 4.69) is 0 Å². The average molecular weight is 290 g/mol. The Kier molecular flexibility index (Phi) is 5.20. The number of carbonyl (C=O) groups is 2. The minimum Gasteiger partial charge on any atom is -0.482 e. The van der Waals surface area contributed by atoms with E-state index in [-0.39, 0.29) is 12.5 Å². The summed E-state index contributed by atoms with van der Waals surface area (Å²) in [5.41, 5.74) is 6.65. The van der Waals surface area contributed by atoms with Crippen LogP contribution in [0.25, 0.3) is 0 Å². The molecule has 0 saturated heterocycles. The van der Waals surface area contributed by atoms with Gasteiger partial charge in [-0.3, -0.25) is 9.59 Å². The molecule has 0 aliphatic heterocycles. The zero-order valence-electron chi connectivity index (χ0n) is 12.4. The highest BCUT2D eigenvalue weighted by atomic mass is 16.5. The summed E-state index contributed by atoms with van der Waals surface area (Å²) in [4.78, 5) is 24.6. The van der Waals surface area contributed by atoms with Crippen molar-refractivity contribution in [3.63, 3.8) is 0 Å². The van der Waals surface area contributed by atoms with Gasteiger partial charge in [0.15, 0.2) is 6.61 Å². The van der Waals surface area contributed by atoms with Crippen molar-refractivity contribution in [2.24, 2.45) is 0 Å². The first kappa shape index (κ1) is 15.4. The predicted molar refractivity (Wildman–Crippen MR) is 81.4 cm³/mol. The second-order valence-corrected chi connectivity index (χ2v) is 5.50. The van der Waals surface area contributed by atoms with Crippen LogP contribution >= 0.6 is 0 Å². The van der Waals surface area contributed by atoms with Gasteiger partial charge in [0.2, 0.25) is 0 Å². The van der Waals surface area contributed by atoms with E-state index in [1.165, 1.54) is 25.3 Å². The third kappa shape index (κ3) is 3.97. The van der Waals surface area contributed by atoms with Gasteiger partial charge in [0.25, 0.3) is 5.91 Å². The van der Waals surface area contributed by atoms with Gasteiger partial charge in [0, 0.05) is 18.7 Å². The molecule has 1 amide bonds. The van der Waals surface area contributed by atoms with Crippen LogP contribution in [0.2, 0.25) is 0 Å². The number of carbonyl (C=O) groups excluding carboxylic acids is 2. The Bertz CT molecular complexity index is 510. The molecule has 0 bridgehead atoms. The zero-order valence-corrected chi connectivity index (χ0v) is 12.4. The lowest BCUT2D eigenvalue weighted by Crippen LogP contribution is -2.40. The van der Waals surface area contributed by atoms with Gasteiger partial charge in [-0.15, -0.1) is 0 Å². The monoisotopic (exact) mass is 290 g/mol. The molecule has 2 rings (SSSR count). The van der Waals surface area contributed by atoms with Crippen molar-refractivity contribution in [3.8, 4) is 5.75 Å². The molecule has 5 nitrogen and oxygen atoms in total. The molecular formula is C16H22N2O3. The summed E-state index contributed by atoms with van der Waals surface area (Å²) in [5.74, 6) is 0.395. The first-order chi connectivity index (χ1) is 10.1. The van der Waals surface area contributed by atoms with E-state index in [1.807, 2.05) is 7.05 Å². The van der Waals surface area contributed by atoms with Crippen LogP contribution in [0, 0.1) is 0 Å². The molecule has 1 fully saturated rings. The molecule has 114 valence electrons. The summed E-state index contributed by atoms with van der Waals surface area (Å²) in [6.07, 6.45) is 6.49. The Labute approximate surface area is 125 Å². The number of benzene rings is 1. The topological polar surface area (TPSA) is 72.6 Å². The van der Waals surface area contributed by atoms with E-state index >= 15 is 0 Å². The normalized spacial score (nSPS) is 15.5. The number of nitrogen functional groups attached to an aromatic ring is 1. The van der Waals surface area contributed by atoms with Crippen LogP contribution < -0.4 is 10.5 Å². The SMILES string of the molecule is CN(C(=O)COc1ccc(C=O)cc1N)C1CCCCC1. The van der Waals surface area contributed by atoms with Crippen LogP contribution in [-0.2, 0) is 4.79 Å². The quantitative estimate of drug-likeness (QED) is 0.667. The maximum absolute atomic E-state index is 12.2. The fraction of sp³-hybridized carbons (Fsp3) is 0.500. The second kappa shape index (κ2) is 7.11. The molecule has 0 heterocycles. The van der Waals surface area contributed by atoms with Gasteiger partial charge in [-0.05, 0) is 31.0 Å². The molecule has 1 aliphatic carbocycles. The van der Waals surface area contributed by atoms with Gasteiger partial charge in [-0.25, -0.2) is 0 Å². The molecule has 21 heavy (non-hydrogen) atoms. The van der Waals surface area contributed by atoms with Crippen molar-refractivity contribution in [3.05, 3.63) is 23.8 Å². The number of anilines is 1. The van der Waals surface area contributed by atoms with Crippen molar-refractivity contribution in [1.29, 1.82) is 0 Å². The Balaban J connectivity index is 1.89. The van der Waals surface area contributed by atoms with Crippen LogP contribution in [0.4, 0.5) is 5.69 Å². The molecular weight excluding hydrogens is 268 g/mol. The molecule has 1 aromatic carbocycles. The predicted octanol–water partition coefficient (Wildman–Crippen LogP) is 2.25. The average Bonchev–Trinajstić information content (AvgIpc) is 2.53. The van der Waals surface area contributed by atoms with Gasteiger partial charge in [-0.1, -0.05) is 19.3 Å². The van der Waals surface area contributed by atoms with E-state index in [9.17, 15) is 9.59 Å². The van der Waals surface area contributed by atoms with Crippen molar-refractivity contribution in [2.75, 3.05) is 19.4 Å². The van der Waals surface area contributed by atoms with Crippen molar-refractivity contribution in [2.45, 2.75) is 38.1 Å². The fourth-order valence-corrected chi connectivity index (χ4v) is 2.68. The summed E-state index contributed by atoms with van der Waals surface area (Å²) in [6.45, 7) is -0.0301.